The maximum Gasteiger partial charge on any atom is 0.233 e. The second kappa shape index (κ2) is 6.71. The number of amides is 1. The number of fused-ring (bicyclic) bond motifs is 1. The lowest BCUT2D eigenvalue weighted by molar-refractivity contribution is -0.129. The van der Waals surface area contributed by atoms with Gasteiger partial charge in [0.25, 0.3) is 0 Å². The van der Waals surface area contributed by atoms with Crippen molar-refractivity contribution in [1.29, 1.82) is 0 Å². The topological polar surface area (TPSA) is 20.3 Å². The smallest absolute Gasteiger partial charge is 0.233 e. The predicted molar refractivity (Wildman–Crippen MR) is 87.4 cm³/mol. The quantitative estimate of drug-likeness (QED) is 0.782. The molecule has 120 valence electrons. The average molecular weight is 333 g/mol. The standard InChI is InChI=1S/C18H17F2NOS/c1-21(17-9-6-12-4-2-3-5-14(12)17)18(22)11-23-13-7-8-15(19)16(20)10-13/h2-5,7-8,10,17H,6,9,11H2,1H3. The van der Waals surface area contributed by atoms with E-state index in [0.717, 1.165) is 25.0 Å². The fourth-order valence-corrected chi connectivity index (χ4v) is 3.77. The Morgan fingerprint density at radius 1 is 1.22 bits per heavy atom. The Kier molecular flexibility index (Phi) is 4.66. The molecule has 0 spiro atoms. The first-order chi connectivity index (χ1) is 11.1. The summed E-state index contributed by atoms with van der Waals surface area (Å²) in [4.78, 5) is 14.7. The minimum absolute atomic E-state index is 0.0126. The van der Waals surface area contributed by atoms with Gasteiger partial charge in [0.05, 0.1) is 11.8 Å². The Bertz CT molecular complexity index is 735. The highest BCUT2D eigenvalue weighted by atomic mass is 32.2. The van der Waals surface area contributed by atoms with Crippen molar-refractivity contribution in [1.82, 2.24) is 4.90 Å². The number of aryl methyl sites for hydroxylation is 1. The van der Waals surface area contributed by atoms with Gasteiger partial charge in [0.15, 0.2) is 11.6 Å². The van der Waals surface area contributed by atoms with Gasteiger partial charge in [0, 0.05) is 11.9 Å². The van der Waals surface area contributed by atoms with Crippen LogP contribution in [-0.4, -0.2) is 23.6 Å². The molecule has 1 atom stereocenters. The van der Waals surface area contributed by atoms with Gasteiger partial charge in [-0.3, -0.25) is 4.79 Å². The number of hydrogen-bond donors (Lipinski definition) is 0. The van der Waals surface area contributed by atoms with E-state index in [9.17, 15) is 13.6 Å². The molecule has 0 aromatic heterocycles. The van der Waals surface area contributed by atoms with Crippen LogP contribution >= 0.6 is 11.8 Å². The van der Waals surface area contributed by atoms with Crippen molar-refractivity contribution in [2.24, 2.45) is 0 Å². The SMILES string of the molecule is CN(C(=O)CSc1ccc(F)c(F)c1)C1CCc2ccccc21. The number of thioether (sulfide) groups is 1. The molecule has 3 rings (SSSR count). The van der Waals surface area contributed by atoms with Gasteiger partial charge >= 0.3 is 0 Å². The molecule has 0 bridgehead atoms. The molecule has 0 saturated heterocycles. The highest BCUT2D eigenvalue weighted by Crippen LogP contribution is 2.35. The molecular weight excluding hydrogens is 316 g/mol. The lowest BCUT2D eigenvalue weighted by Crippen LogP contribution is -2.31. The van der Waals surface area contributed by atoms with Crippen LogP contribution in [0.3, 0.4) is 0 Å². The Labute approximate surface area is 138 Å². The molecule has 0 aliphatic heterocycles. The molecule has 1 aliphatic carbocycles. The zero-order valence-corrected chi connectivity index (χ0v) is 13.6. The lowest BCUT2D eigenvalue weighted by atomic mass is 10.1. The highest BCUT2D eigenvalue weighted by molar-refractivity contribution is 8.00. The summed E-state index contributed by atoms with van der Waals surface area (Å²) in [7, 11) is 1.81. The van der Waals surface area contributed by atoms with Crippen LogP contribution in [0.25, 0.3) is 0 Å². The highest BCUT2D eigenvalue weighted by Gasteiger charge is 2.28. The molecule has 5 heteroatoms. The number of nitrogens with zero attached hydrogens (tertiary/aromatic N) is 1. The summed E-state index contributed by atoms with van der Waals surface area (Å²) in [5.74, 6) is -1.57. The van der Waals surface area contributed by atoms with Crippen molar-refractivity contribution in [3.8, 4) is 0 Å². The fraction of sp³-hybridized carbons (Fsp3) is 0.278. The van der Waals surface area contributed by atoms with E-state index >= 15 is 0 Å². The van der Waals surface area contributed by atoms with Gasteiger partial charge in [-0.2, -0.15) is 0 Å². The Balaban J connectivity index is 1.63. The summed E-state index contributed by atoms with van der Waals surface area (Å²) in [6.07, 6.45) is 1.91. The van der Waals surface area contributed by atoms with E-state index in [-0.39, 0.29) is 17.7 Å². The van der Waals surface area contributed by atoms with Crippen LogP contribution in [-0.2, 0) is 11.2 Å². The summed E-state index contributed by atoms with van der Waals surface area (Å²) in [6, 6.07) is 12.0. The van der Waals surface area contributed by atoms with Gasteiger partial charge in [0.1, 0.15) is 0 Å². The van der Waals surface area contributed by atoms with Gasteiger partial charge in [-0.1, -0.05) is 24.3 Å². The second-order valence-corrected chi connectivity index (χ2v) is 6.67. The Morgan fingerprint density at radius 3 is 2.78 bits per heavy atom. The summed E-state index contributed by atoms with van der Waals surface area (Å²) in [6.45, 7) is 0. The minimum atomic E-state index is -0.888. The third-order valence-electron chi connectivity index (χ3n) is 4.22. The van der Waals surface area contributed by atoms with Gasteiger partial charge in [-0.15, -0.1) is 11.8 Å². The van der Waals surface area contributed by atoms with Gasteiger partial charge in [-0.25, -0.2) is 8.78 Å². The number of carbonyl (C=O) groups is 1. The fourth-order valence-electron chi connectivity index (χ4n) is 2.92. The van der Waals surface area contributed by atoms with Gasteiger partial charge < -0.3 is 4.90 Å². The van der Waals surface area contributed by atoms with Crippen LogP contribution in [0.15, 0.2) is 47.4 Å². The zero-order chi connectivity index (χ0) is 16.4. The molecule has 0 fully saturated rings. The maximum absolute atomic E-state index is 13.2. The molecule has 2 aromatic carbocycles. The number of halogens is 2. The van der Waals surface area contributed by atoms with Crippen LogP contribution in [0, 0.1) is 11.6 Å². The summed E-state index contributed by atoms with van der Waals surface area (Å²) in [5, 5.41) is 0. The minimum Gasteiger partial charge on any atom is -0.338 e. The molecule has 23 heavy (non-hydrogen) atoms. The van der Waals surface area contributed by atoms with E-state index in [0.29, 0.717) is 4.90 Å². The first kappa shape index (κ1) is 16.0. The Morgan fingerprint density at radius 2 is 2.00 bits per heavy atom. The van der Waals surface area contributed by atoms with E-state index in [4.69, 9.17) is 0 Å². The van der Waals surface area contributed by atoms with Crippen molar-refractivity contribution < 1.29 is 13.6 Å². The lowest BCUT2D eigenvalue weighted by Gasteiger charge is -2.25. The zero-order valence-electron chi connectivity index (χ0n) is 12.8. The number of benzene rings is 2. The Hall–Kier alpha value is -1.88. The molecule has 0 saturated carbocycles. The van der Waals surface area contributed by atoms with Crippen LogP contribution < -0.4 is 0 Å². The van der Waals surface area contributed by atoms with E-state index in [1.807, 2.05) is 12.1 Å². The monoisotopic (exact) mass is 333 g/mol. The van der Waals surface area contributed by atoms with Crippen LogP contribution in [0.5, 0.6) is 0 Å². The maximum atomic E-state index is 13.2. The van der Waals surface area contributed by atoms with Crippen molar-refractivity contribution >= 4 is 17.7 Å². The first-order valence-corrected chi connectivity index (χ1v) is 8.46. The normalized spacial score (nSPS) is 16.2. The third-order valence-corrected chi connectivity index (χ3v) is 5.19. The van der Waals surface area contributed by atoms with E-state index in [2.05, 4.69) is 12.1 Å². The van der Waals surface area contributed by atoms with Crippen molar-refractivity contribution in [2.45, 2.75) is 23.8 Å². The molecule has 1 unspecified atom stereocenters. The largest absolute Gasteiger partial charge is 0.338 e. The van der Waals surface area contributed by atoms with Gasteiger partial charge in [-0.05, 0) is 42.2 Å². The second-order valence-electron chi connectivity index (χ2n) is 5.62. The number of hydrogen-bond acceptors (Lipinski definition) is 2. The third kappa shape index (κ3) is 3.39. The van der Waals surface area contributed by atoms with Crippen LogP contribution in [0.4, 0.5) is 8.78 Å². The molecule has 0 N–H and O–H groups in total. The molecule has 2 nitrogen and oxygen atoms in total. The van der Waals surface area contributed by atoms with E-state index in [1.165, 1.54) is 29.0 Å². The first-order valence-electron chi connectivity index (χ1n) is 7.47. The predicted octanol–water partition coefficient (Wildman–Crippen LogP) is 4.20. The summed E-state index contributed by atoms with van der Waals surface area (Å²) < 4.78 is 26.1. The molecule has 1 aliphatic rings. The average Bonchev–Trinajstić information content (AvgIpc) is 2.99. The summed E-state index contributed by atoms with van der Waals surface area (Å²) >= 11 is 1.22. The summed E-state index contributed by atoms with van der Waals surface area (Å²) in [5.41, 5.74) is 2.51. The van der Waals surface area contributed by atoms with E-state index in [1.54, 1.807) is 11.9 Å². The number of rotatable bonds is 4. The molecular formula is C18H17F2NOS. The van der Waals surface area contributed by atoms with Crippen molar-refractivity contribution in [2.75, 3.05) is 12.8 Å². The molecule has 1 amide bonds. The number of carbonyl (C=O) groups excluding carboxylic acids is 1. The molecule has 0 heterocycles. The molecule has 0 radical (unpaired) electrons. The van der Waals surface area contributed by atoms with Crippen molar-refractivity contribution in [3.63, 3.8) is 0 Å². The van der Waals surface area contributed by atoms with Crippen molar-refractivity contribution in [3.05, 3.63) is 65.2 Å². The van der Waals surface area contributed by atoms with Gasteiger partial charge in [0.2, 0.25) is 5.91 Å². The molecule has 2 aromatic rings. The van der Waals surface area contributed by atoms with Crippen LogP contribution in [0.1, 0.15) is 23.6 Å². The van der Waals surface area contributed by atoms with Crippen LogP contribution in [0.2, 0.25) is 0 Å². The van der Waals surface area contributed by atoms with E-state index < -0.39 is 11.6 Å².